The van der Waals surface area contributed by atoms with Gasteiger partial charge in [-0.3, -0.25) is 4.79 Å². The number of carbonyl (C=O) groups is 1. The lowest BCUT2D eigenvalue weighted by molar-refractivity contribution is 0.111. The first-order valence-corrected chi connectivity index (χ1v) is 4.69. The van der Waals surface area contributed by atoms with Crippen molar-refractivity contribution < 1.29 is 14.3 Å². The third-order valence-electron chi connectivity index (χ3n) is 2.39. The molecule has 0 radical (unpaired) electrons. The monoisotopic (exact) mass is 214 g/mol. The van der Waals surface area contributed by atoms with E-state index >= 15 is 0 Å². The number of phenolic OH excluding ortho intramolecular Hbond substituents is 1. The van der Waals surface area contributed by atoms with Crippen molar-refractivity contribution in [3.05, 3.63) is 28.0 Å². The van der Waals surface area contributed by atoms with E-state index in [2.05, 4.69) is 0 Å². The van der Waals surface area contributed by atoms with Gasteiger partial charge in [-0.05, 0) is 30.4 Å². The van der Waals surface area contributed by atoms with Crippen molar-refractivity contribution in [3.63, 3.8) is 0 Å². The highest BCUT2D eigenvalue weighted by molar-refractivity contribution is 6.32. The summed E-state index contributed by atoms with van der Waals surface area (Å²) in [5.41, 5.74) is 0.551. The summed E-state index contributed by atoms with van der Waals surface area (Å²) in [5, 5.41) is 8.91. The third-order valence-corrected chi connectivity index (χ3v) is 2.75. The van der Waals surface area contributed by atoms with Crippen LogP contribution in [0.2, 0.25) is 5.02 Å². The molecule has 0 aliphatic heterocycles. The molecular formula is C10H8ClFO2. The molecule has 74 valence electrons. The largest absolute Gasteiger partial charge is 0.506 e. The third kappa shape index (κ3) is 1.38. The molecule has 2 rings (SSSR count). The number of hydrogen-bond donors (Lipinski definition) is 1. The summed E-state index contributed by atoms with van der Waals surface area (Å²) in [6, 6.07) is 1.38. The molecule has 0 atom stereocenters. The SMILES string of the molecule is O=Cc1c(C2CC2)cc(O)c(Cl)c1F. The van der Waals surface area contributed by atoms with Gasteiger partial charge in [-0.25, -0.2) is 4.39 Å². The first-order valence-electron chi connectivity index (χ1n) is 4.31. The van der Waals surface area contributed by atoms with Gasteiger partial charge in [-0.15, -0.1) is 0 Å². The Kier molecular flexibility index (Phi) is 2.19. The second-order valence-electron chi connectivity index (χ2n) is 3.42. The van der Waals surface area contributed by atoms with E-state index in [1.807, 2.05) is 0 Å². The van der Waals surface area contributed by atoms with Crippen molar-refractivity contribution in [2.45, 2.75) is 18.8 Å². The molecule has 0 bridgehead atoms. The quantitative estimate of drug-likeness (QED) is 0.769. The molecule has 0 heterocycles. The van der Waals surface area contributed by atoms with Crippen LogP contribution in [0.3, 0.4) is 0 Å². The molecule has 1 aliphatic carbocycles. The van der Waals surface area contributed by atoms with Crippen molar-refractivity contribution >= 4 is 17.9 Å². The van der Waals surface area contributed by atoms with E-state index in [9.17, 15) is 14.3 Å². The summed E-state index contributed by atoms with van der Waals surface area (Å²) in [5.74, 6) is -0.909. The van der Waals surface area contributed by atoms with E-state index in [4.69, 9.17) is 11.6 Å². The molecule has 1 aromatic carbocycles. The molecule has 1 saturated carbocycles. The summed E-state index contributed by atoms with van der Waals surface area (Å²) in [6.45, 7) is 0. The second-order valence-corrected chi connectivity index (χ2v) is 3.80. The zero-order chi connectivity index (χ0) is 10.3. The number of benzene rings is 1. The van der Waals surface area contributed by atoms with Crippen LogP contribution in [-0.4, -0.2) is 11.4 Å². The molecule has 1 aliphatic rings. The van der Waals surface area contributed by atoms with Crippen molar-refractivity contribution in [3.8, 4) is 5.75 Å². The molecule has 1 aromatic rings. The van der Waals surface area contributed by atoms with Crippen LogP contribution in [0.25, 0.3) is 0 Å². The van der Waals surface area contributed by atoms with E-state index in [-0.39, 0.29) is 22.3 Å². The number of halogens is 2. The molecule has 2 nitrogen and oxygen atoms in total. The summed E-state index contributed by atoms with van der Waals surface area (Å²) >= 11 is 5.47. The van der Waals surface area contributed by atoms with Gasteiger partial charge in [0.05, 0.1) is 5.56 Å². The highest BCUT2D eigenvalue weighted by Crippen LogP contribution is 2.44. The highest BCUT2D eigenvalue weighted by Gasteiger charge is 2.29. The summed E-state index contributed by atoms with van der Waals surface area (Å²) in [6.07, 6.45) is 2.32. The molecule has 0 aromatic heterocycles. The average molecular weight is 215 g/mol. The smallest absolute Gasteiger partial charge is 0.156 e. The maximum absolute atomic E-state index is 13.4. The molecule has 0 spiro atoms. The molecule has 1 N–H and O–H groups in total. The average Bonchev–Trinajstić information content (AvgIpc) is 2.97. The first-order chi connectivity index (χ1) is 6.65. The van der Waals surface area contributed by atoms with Gasteiger partial charge in [0, 0.05) is 0 Å². The van der Waals surface area contributed by atoms with E-state index in [1.54, 1.807) is 0 Å². The summed E-state index contributed by atoms with van der Waals surface area (Å²) in [4.78, 5) is 10.7. The predicted octanol–water partition coefficient (Wildman–Crippen LogP) is 2.87. The number of aromatic hydroxyl groups is 1. The van der Waals surface area contributed by atoms with E-state index in [0.29, 0.717) is 11.8 Å². The fourth-order valence-electron chi connectivity index (χ4n) is 1.50. The molecule has 4 heteroatoms. The lowest BCUT2D eigenvalue weighted by Gasteiger charge is -2.07. The topological polar surface area (TPSA) is 37.3 Å². The van der Waals surface area contributed by atoms with Crippen LogP contribution in [0.4, 0.5) is 4.39 Å². The number of carbonyl (C=O) groups excluding carboxylic acids is 1. The maximum Gasteiger partial charge on any atom is 0.156 e. The van der Waals surface area contributed by atoms with Crippen LogP contribution in [0, 0.1) is 5.82 Å². The molecule has 1 fully saturated rings. The zero-order valence-corrected chi connectivity index (χ0v) is 8.01. The first kappa shape index (κ1) is 9.46. The molecule has 0 unspecified atom stereocenters. The number of phenols is 1. The van der Waals surface area contributed by atoms with Gasteiger partial charge in [-0.1, -0.05) is 11.6 Å². The molecule has 0 saturated heterocycles. The Morgan fingerprint density at radius 2 is 2.21 bits per heavy atom. The van der Waals surface area contributed by atoms with E-state index in [1.165, 1.54) is 6.07 Å². The van der Waals surface area contributed by atoms with Crippen molar-refractivity contribution in [2.24, 2.45) is 0 Å². The Morgan fingerprint density at radius 1 is 1.57 bits per heavy atom. The molecule has 0 amide bonds. The normalized spacial score (nSPS) is 15.6. The van der Waals surface area contributed by atoms with Crippen LogP contribution in [0.15, 0.2) is 6.07 Å². The van der Waals surface area contributed by atoms with Gasteiger partial charge >= 0.3 is 0 Å². The predicted molar refractivity (Wildman–Crippen MR) is 50.4 cm³/mol. The minimum Gasteiger partial charge on any atom is -0.506 e. The van der Waals surface area contributed by atoms with Gasteiger partial charge in [0.25, 0.3) is 0 Å². The zero-order valence-electron chi connectivity index (χ0n) is 7.26. The van der Waals surface area contributed by atoms with Crippen LogP contribution < -0.4 is 0 Å². The Hall–Kier alpha value is -1.09. The number of aldehydes is 1. The second kappa shape index (κ2) is 3.24. The fourth-order valence-corrected chi connectivity index (χ4v) is 1.65. The minimum atomic E-state index is -0.816. The van der Waals surface area contributed by atoms with Crippen molar-refractivity contribution in [1.29, 1.82) is 0 Å². The lowest BCUT2D eigenvalue weighted by atomic mass is 10.0. The Labute approximate surface area is 85.3 Å². The Bertz CT molecular complexity index is 400. The highest BCUT2D eigenvalue weighted by atomic mass is 35.5. The Balaban J connectivity index is 2.63. The van der Waals surface area contributed by atoms with Gasteiger partial charge < -0.3 is 5.11 Å². The van der Waals surface area contributed by atoms with E-state index < -0.39 is 5.82 Å². The fraction of sp³-hybridized carbons (Fsp3) is 0.300. The molecular weight excluding hydrogens is 207 g/mol. The number of hydrogen-bond acceptors (Lipinski definition) is 2. The van der Waals surface area contributed by atoms with Crippen molar-refractivity contribution in [2.75, 3.05) is 0 Å². The van der Waals surface area contributed by atoms with Gasteiger partial charge in [-0.2, -0.15) is 0 Å². The van der Waals surface area contributed by atoms with Gasteiger partial charge in [0.15, 0.2) is 12.1 Å². The van der Waals surface area contributed by atoms with Gasteiger partial charge in [0.1, 0.15) is 10.8 Å². The Morgan fingerprint density at radius 3 is 2.71 bits per heavy atom. The standard InChI is InChI=1S/C10H8ClFO2/c11-9-8(14)3-6(5-1-2-5)7(4-13)10(9)12/h3-5,14H,1-2H2. The summed E-state index contributed by atoms with van der Waals surface area (Å²) < 4.78 is 13.4. The van der Waals surface area contributed by atoms with Crippen LogP contribution >= 0.6 is 11.6 Å². The number of rotatable bonds is 2. The van der Waals surface area contributed by atoms with E-state index in [0.717, 1.165) is 12.8 Å². The van der Waals surface area contributed by atoms with Crippen LogP contribution in [0.5, 0.6) is 5.75 Å². The lowest BCUT2D eigenvalue weighted by Crippen LogP contribution is -1.96. The molecule has 14 heavy (non-hydrogen) atoms. The van der Waals surface area contributed by atoms with Crippen LogP contribution in [-0.2, 0) is 0 Å². The summed E-state index contributed by atoms with van der Waals surface area (Å²) in [7, 11) is 0. The minimum absolute atomic E-state index is 0.0182. The van der Waals surface area contributed by atoms with Crippen LogP contribution in [0.1, 0.15) is 34.7 Å². The van der Waals surface area contributed by atoms with Crippen molar-refractivity contribution in [1.82, 2.24) is 0 Å². The maximum atomic E-state index is 13.4. The van der Waals surface area contributed by atoms with Gasteiger partial charge in [0.2, 0.25) is 0 Å².